The minimum Gasteiger partial charge on any atom is -0.394 e. The molecule has 0 heterocycles. The monoisotopic (exact) mass is 669 g/mol. The summed E-state index contributed by atoms with van der Waals surface area (Å²) < 4.78 is 5.78. The zero-order valence-corrected chi connectivity index (χ0v) is 33.0. The molecule has 0 aliphatic carbocycles. The zero-order chi connectivity index (χ0) is 39.7. The molecule has 0 fully saturated rings. The molecular weight excluding hydrogens is 576 g/mol. The normalized spacial score (nSPS) is 7.40. The number of hydrogen-bond donors (Lipinski definition) is 2. The van der Waals surface area contributed by atoms with E-state index in [1.165, 1.54) is 128 Å². The van der Waals surface area contributed by atoms with Crippen molar-refractivity contribution in [1.82, 2.24) is 0 Å². The largest absolute Gasteiger partial charge is 0.394 e. The average molecular weight is 669 g/mol. The van der Waals surface area contributed by atoms with Crippen molar-refractivity contribution in [2.45, 2.75) is 142 Å². The van der Waals surface area contributed by atoms with Crippen molar-refractivity contribution in [2.24, 2.45) is 0 Å². The summed E-state index contributed by atoms with van der Waals surface area (Å²) in [6, 6.07) is 0. The summed E-state index contributed by atoms with van der Waals surface area (Å²) in [5.74, 6) is 0. The molecule has 2 N–H and O–H groups in total. The van der Waals surface area contributed by atoms with Crippen LogP contribution in [0.2, 0.25) is 0 Å². The highest BCUT2D eigenvalue weighted by Gasteiger charge is 1.95. The lowest BCUT2D eigenvalue weighted by molar-refractivity contribution is 0.125. The zero-order valence-electron chi connectivity index (χ0n) is 33.0. The molecule has 0 aliphatic rings. The van der Waals surface area contributed by atoms with Crippen LogP contribution in [0, 0.1) is 0 Å². The first kappa shape index (κ1) is 75.1. The molecule has 0 aromatic carbocycles. The van der Waals surface area contributed by atoms with Crippen LogP contribution in [0.15, 0.2) is 118 Å². The minimum atomic E-state index is -0.125. The van der Waals surface area contributed by atoms with Crippen molar-refractivity contribution in [3.63, 3.8) is 0 Å². The van der Waals surface area contributed by atoms with Crippen molar-refractivity contribution in [2.75, 3.05) is 26.4 Å². The Bertz CT molecular complexity index is 310. The van der Waals surface area contributed by atoms with E-state index in [4.69, 9.17) is 14.9 Å². The molecule has 286 valence electrons. The van der Waals surface area contributed by atoms with Crippen molar-refractivity contribution < 1.29 is 14.9 Å². The third-order valence-electron chi connectivity index (χ3n) is 5.38. The first-order valence-electron chi connectivity index (χ1n) is 17.6. The fourth-order valence-corrected chi connectivity index (χ4v) is 3.49. The summed E-state index contributed by atoms with van der Waals surface area (Å²) in [4.78, 5) is 0. The van der Waals surface area contributed by atoms with Gasteiger partial charge in [-0.25, -0.2) is 0 Å². The topological polar surface area (TPSA) is 49.7 Å². The van der Waals surface area contributed by atoms with E-state index in [0.29, 0.717) is 0 Å². The standard InChI is InChI=1S/C24H50O.C2H6O2.9C2H4/c1-3-5-7-9-11-13-15-17-19-21-23-25-24-22-20-18-16-14-12-10-8-6-4-2;3-1-2-4;9*1-2/h3-24H2,1-2H3;3-4H,1-2H2;9*1-2H2. The SMILES string of the molecule is C=C.C=C.C=C.C=C.C=C.C=C.C=C.C=C.C=C.CCCCCCCCCCCCOCCCCCCCCCCCC.OCCO. The van der Waals surface area contributed by atoms with E-state index in [2.05, 4.69) is 132 Å². The molecule has 0 aliphatic heterocycles. The van der Waals surface area contributed by atoms with E-state index in [9.17, 15) is 0 Å². The Hall–Kier alpha value is -2.46. The molecule has 0 aromatic rings. The second kappa shape index (κ2) is 155. The van der Waals surface area contributed by atoms with E-state index in [1.807, 2.05) is 0 Å². The molecule has 3 heteroatoms. The molecule has 0 amide bonds. The van der Waals surface area contributed by atoms with Crippen LogP contribution in [0.3, 0.4) is 0 Å². The predicted molar refractivity (Wildman–Crippen MR) is 230 cm³/mol. The van der Waals surface area contributed by atoms with Crippen LogP contribution in [0.4, 0.5) is 0 Å². The highest BCUT2D eigenvalue weighted by Crippen LogP contribution is 2.12. The van der Waals surface area contributed by atoms with Gasteiger partial charge in [0.05, 0.1) is 13.2 Å². The number of aliphatic hydroxyl groups excluding tert-OH is 2. The third kappa shape index (κ3) is 178. The van der Waals surface area contributed by atoms with Gasteiger partial charge in [0.15, 0.2) is 0 Å². The van der Waals surface area contributed by atoms with Gasteiger partial charge in [-0.05, 0) is 12.8 Å². The Labute approximate surface area is 301 Å². The van der Waals surface area contributed by atoms with Crippen LogP contribution in [0.25, 0.3) is 0 Å². The van der Waals surface area contributed by atoms with Gasteiger partial charge in [-0.15, -0.1) is 118 Å². The predicted octanol–water partition coefficient (Wildman–Crippen LogP) is 15.0. The second-order valence-electron chi connectivity index (χ2n) is 8.42. The number of rotatable bonds is 23. The summed E-state index contributed by atoms with van der Waals surface area (Å²) in [7, 11) is 0. The van der Waals surface area contributed by atoms with Crippen LogP contribution >= 0.6 is 0 Å². The Balaban J connectivity index is -0.0000000544. The molecule has 47 heavy (non-hydrogen) atoms. The number of aliphatic hydroxyl groups is 2. The van der Waals surface area contributed by atoms with Crippen LogP contribution in [0.5, 0.6) is 0 Å². The molecule has 0 saturated heterocycles. The average Bonchev–Trinajstić information content (AvgIpc) is 3.19. The fourth-order valence-electron chi connectivity index (χ4n) is 3.49. The number of unbranched alkanes of at least 4 members (excludes halogenated alkanes) is 18. The minimum absolute atomic E-state index is 0.125. The molecule has 0 atom stereocenters. The lowest BCUT2D eigenvalue weighted by Gasteiger charge is -2.05. The maximum absolute atomic E-state index is 7.62. The van der Waals surface area contributed by atoms with Gasteiger partial charge in [0, 0.05) is 13.2 Å². The first-order chi connectivity index (χ1) is 23.3. The molecule has 3 nitrogen and oxygen atoms in total. The van der Waals surface area contributed by atoms with Gasteiger partial charge in [0.1, 0.15) is 0 Å². The summed E-state index contributed by atoms with van der Waals surface area (Å²) in [6.45, 7) is 60.3. The van der Waals surface area contributed by atoms with E-state index in [-0.39, 0.29) is 13.2 Å². The van der Waals surface area contributed by atoms with Crippen LogP contribution in [-0.4, -0.2) is 36.6 Å². The highest BCUT2D eigenvalue weighted by atomic mass is 16.5. The highest BCUT2D eigenvalue weighted by molar-refractivity contribution is 4.49. The summed E-state index contributed by atoms with van der Waals surface area (Å²) >= 11 is 0. The van der Waals surface area contributed by atoms with Gasteiger partial charge < -0.3 is 14.9 Å². The van der Waals surface area contributed by atoms with Crippen molar-refractivity contribution in [3.8, 4) is 0 Å². The quantitative estimate of drug-likeness (QED) is 0.0841. The lowest BCUT2D eigenvalue weighted by atomic mass is 10.1. The smallest absolute Gasteiger partial charge is 0.0662 e. The second-order valence-corrected chi connectivity index (χ2v) is 8.42. The number of hydrogen-bond acceptors (Lipinski definition) is 3. The van der Waals surface area contributed by atoms with Gasteiger partial charge in [-0.1, -0.05) is 129 Å². The van der Waals surface area contributed by atoms with Gasteiger partial charge in [0.2, 0.25) is 0 Å². The molecule has 0 radical (unpaired) electrons. The Morgan fingerprint density at radius 2 is 0.426 bits per heavy atom. The molecular formula is C44H92O3. The molecule has 0 unspecified atom stereocenters. The fraction of sp³-hybridized carbons (Fsp3) is 0.591. The Kier molecular flexibility index (Phi) is 248. The third-order valence-corrected chi connectivity index (χ3v) is 5.38. The van der Waals surface area contributed by atoms with Crippen LogP contribution < -0.4 is 0 Å². The molecule has 0 aromatic heterocycles. The first-order valence-corrected chi connectivity index (χ1v) is 17.6. The van der Waals surface area contributed by atoms with E-state index < -0.39 is 0 Å². The van der Waals surface area contributed by atoms with Crippen molar-refractivity contribution >= 4 is 0 Å². The number of ether oxygens (including phenoxy) is 1. The summed E-state index contributed by atoms with van der Waals surface area (Å²) in [5.41, 5.74) is 0. The Morgan fingerprint density at radius 3 is 0.574 bits per heavy atom. The Morgan fingerprint density at radius 1 is 0.277 bits per heavy atom. The van der Waals surface area contributed by atoms with E-state index in [0.717, 1.165) is 13.2 Å². The van der Waals surface area contributed by atoms with Crippen LogP contribution in [0.1, 0.15) is 142 Å². The van der Waals surface area contributed by atoms with E-state index >= 15 is 0 Å². The molecule has 0 bridgehead atoms. The summed E-state index contributed by atoms with van der Waals surface area (Å²) in [5, 5.41) is 15.2. The van der Waals surface area contributed by atoms with Gasteiger partial charge in [0.25, 0.3) is 0 Å². The van der Waals surface area contributed by atoms with Crippen molar-refractivity contribution in [3.05, 3.63) is 118 Å². The van der Waals surface area contributed by atoms with Crippen molar-refractivity contribution in [1.29, 1.82) is 0 Å². The van der Waals surface area contributed by atoms with Gasteiger partial charge >= 0.3 is 0 Å². The molecule has 0 saturated carbocycles. The molecule has 0 rings (SSSR count). The van der Waals surface area contributed by atoms with Gasteiger partial charge in [-0.3, -0.25) is 0 Å². The summed E-state index contributed by atoms with van der Waals surface area (Å²) in [6.07, 6.45) is 28.2. The maximum atomic E-state index is 7.62. The molecule has 0 spiro atoms. The van der Waals surface area contributed by atoms with E-state index in [1.54, 1.807) is 0 Å². The maximum Gasteiger partial charge on any atom is 0.0662 e. The van der Waals surface area contributed by atoms with Crippen LogP contribution in [-0.2, 0) is 4.74 Å². The van der Waals surface area contributed by atoms with Gasteiger partial charge in [-0.2, -0.15) is 0 Å². The lowest BCUT2D eigenvalue weighted by Crippen LogP contribution is -1.97.